The van der Waals surface area contributed by atoms with Crippen LogP contribution in [0.2, 0.25) is 0 Å². The third kappa shape index (κ3) is 4.29. The summed E-state index contributed by atoms with van der Waals surface area (Å²) in [4.78, 5) is 22.5. The van der Waals surface area contributed by atoms with E-state index in [-0.39, 0.29) is 22.7 Å². The van der Waals surface area contributed by atoms with Gasteiger partial charge in [0.25, 0.3) is 5.91 Å². The van der Waals surface area contributed by atoms with Crippen molar-refractivity contribution in [2.24, 2.45) is 0 Å². The zero-order chi connectivity index (χ0) is 23.9. The summed E-state index contributed by atoms with van der Waals surface area (Å²) in [5, 5.41) is 3.12. The molecule has 3 heterocycles. The summed E-state index contributed by atoms with van der Waals surface area (Å²) in [7, 11) is 0. The Labute approximate surface area is 190 Å². The Hall–Kier alpha value is -3.42. The third-order valence-electron chi connectivity index (χ3n) is 5.93. The number of halogens is 3. The number of benzene rings is 1. The van der Waals surface area contributed by atoms with Crippen LogP contribution in [-0.2, 0) is 12.2 Å². The molecule has 0 spiro atoms. The van der Waals surface area contributed by atoms with E-state index in [0.29, 0.717) is 30.0 Å². The number of aromatic nitrogens is 2. The highest BCUT2D eigenvalue weighted by Crippen LogP contribution is 2.33. The smallest absolute Gasteiger partial charge is 0.254 e. The molecule has 1 N–H and O–H groups in total. The van der Waals surface area contributed by atoms with Gasteiger partial charge in [-0.15, -0.1) is 0 Å². The van der Waals surface area contributed by atoms with Crippen molar-refractivity contribution in [2.75, 3.05) is 11.9 Å². The molecule has 5 nitrogen and oxygen atoms in total. The highest BCUT2D eigenvalue weighted by molar-refractivity contribution is 5.99. The topological polar surface area (TPSA) is 58.1 Å². The Bertz CT molecular complexity index is 1220. The molecule has 1 aliphatic rings. The van der Waals surface area contributed by atoms with Gasteiger partial charge >= 0.3 is 0 Å². The maximum absolute atomic E-state index is 15.1. The first kappa shape index (κ1) is 22.8. The van der Waals surface area contributed by atoms with Gasteiger partial charge in [-0.2, -0.15) is 0 Å². The first-order valence-corrected chi connectivity index (χ1v) is 10.8. The van der Waals surface area contributed by atoms with Crippen molar-refractivity contribution in [1.29, 1.82) is 0 Å². The van der Waals surface area contributed by atoms with Crippen molar-refractivity contribution in [3.63, 3.8) is 0 Å². The van der Waals surface area contributed by atoms with E-state index >= 15 is 8.78 Å². The fourth-order valence-corrected chi connectivity index (χ4v) is 3.99. The van der Waals surface area contributed by atoms with Crippen LogP contribution < -0.4 is 5.32 Å². The number of nitrogens with one attached hydrogen (secondary N) is 1. The second-order valence-electron chi connectivity index (χ2n) is 8.63. The number of anilines is 1. The van der Waals surface area contributed by atoms with E-state index in [4.69, 9.17) is 0 Å². The van der Waals surface area contributed by atoms with Crippen molar-refractivity contribution in [3.05, 3.63) is 76.6 Å². The van der Waals surface area contributed by atoms with E-state index in [1.807, 2.05) is 6.92 Å². The number of hydrogen-bond acceptors (Lipinski definition) is 4. The van der Waals surface area contributed by atoms with Crippen molar-refractivity contribution in [1.82, 2.24) is 14.9 Å². The number of carbonyl (C=O) groups is 1. The summed E-state index contributed by atoms with van der Waals surface area (Å²) in [5.74, 6) is -0.900. The van der Waals surface area contributed by atoms with E-state index in [2.05, 4.69) is 15.3 Å². The molecule has 8 heteroatoms. The molecule has 0 radical (unpaired) electrons. The number of alkyl halides is 1. The fraction of sp³-hybridized carbons (Fsp3) is 0.320. The lowest BCUT2D eigenvalue weighted by atomic mass is 9.97. The Morgan fingerprint density at radius 2 is 1.82 bits per heavy atom. The monoisotopic (exact) mass is 454 g/mol. The molecule has 33 heavy (non-hydrogen) atoms. The highest BCUT2D eigenvalue weighted by atomic mass is 19.1. The Kier molecular flexibility index (Phi) is 5.86. The SMILES string of the molecule is CCN1Cc2c(ccnc2NC(C)c2cc(F)c(-c3cc(C(C)(C)F)ccn3)cc2F)C1=O. The van der Waals surface area contributed by atoms with E-state index in [0.717, 1.165) is 17.7 Å². The lowest BCUT2D eigenvalue weighted by Gasteiger charge is -2.19. The quantitative estimate of drug-likeness (QED) is 0.513. The third-order valence-corrected chi connectivity index (χ3v) is 5.93. The van der Waals surface area contributed by atoms with Gasteiger partial charge in [0.2, 0.25) is 0 Å². The summed E-state index contributed by atoms with van der Waals surface area (Å²) >= 11 is 0. The van der Waals surface area contributed by atoms with Crippen LogP contribution >= 0.6 is 0 Å². The maximum atomic E-state index is 15.1. The molecule has 0 saturated heterocycles. The minimum Gasteiger partial charge on any atom is -0.363 e. The molecule has 3 aromatic rings. The summed E-state index contributed by atoms with van der Waals surface area (Å²) in [6.07, 6.45) is 2.90. The summed E-state index contributed by atoms with van der Waals surface area (Å²) < 4.78 is 44.4. The van der Waals surface area contributed by atoms with Crippen LogP contribution in [0.3, 0.4) is 0 Å². The summed E-state index contributed by atoms with van der Waals surface area (Å²) in [5.41, 5.74) is 0.206. The van der Waals surface area contributed by atoms with Gasteiger partial charge in [0.1, 0.15) is 23.1 Å². The number of rotatable bonds is 6. The second-order valence-corrected chi connectivity index (χ2v) is 8.63. The van der Waals surface area contributed by atoms with Crippen LogP contribution in [0.5, 0.6) is 0 Å². The molecule has 0 fully saturated rings. The molecular weight excluding hydrogens is 429 g/mol. The van der Waals surface area contributed by atoms with Crippen molar-refractivity contribution in [2.45, 2.75) is 46.0 Å². The van der Waals surface area contributed by atoms with Crippen molar-refractivity contribution < 1.29 is 18.0 Å². The van der Waals surface area contributed by atoms with Crippen LogP contribution in [0, 0.1) is 11.6 Å². The van der Waals surface area contributed by atoms with Gasteiger partial charge in [-0.3, -0.25) is 9.78 Å². The zero-order valence-electron chi connectivity index (χ0n) is 18.9. The number of fused-ring (bicyclic) bond motifs is 1. The van der Waals surface area contributed by atoms with E-state index < -0.39 is 23.3 Å². The highest BCUT2D eigenvalue weighted by Gasteiger charge is 2.29. The average Bonchev–Trinajstić information content (AvgIpc) is 3.11. The number of nitrogens with zero attached hydrogens (tertiary/aromatic N) is 3. The molecule has 0 aliphatic carbocycles. The fourth-order valence-electron chi connectivity index (χ4n) is 3.99. The largest absolute Gasteiger partial charge is 0.363 e. The minimum atomic E-state index is -1.64. The lowest BCUT2D eigenvalue weighted by molar-refractivity contribution is 0.0787. The van der Waals surface area contributed by atoms with Gasteiger partial charge in [0.05, 0.1) is 18.3 Å². The Morgan fingerprint density at radius 1 is 1.09 bits per heavy atom. The van der Waals surface area contributed by atoms with Crippen LogP contribution in [0.4, 0.5) is 19.0 Å². The number of amides is 1. The molecule has 1 aliphatic heterocycles. The maximum Gasteiger partial charge on any atom is 0.254 e. The van der Waals surface area contributed by atoms with E-state index in [1.54, 1.807) is 17.9 Å². The molecule has 172 valence electrons. The molecule has 0 saturated carbocycles. The number of carbonyl (C=O) groups excluding carboxylic acids is 1. The van der Waals surface area contributed by atoms with Crippen LogP contribution in [0.1, 0.15) is 60.8 Å². The summed E-state index contributed by atoms with van der Waals surface area (Å²) in [6.45, 7) is 7.35. The van der Waals surface area contributed by atoms with E-state index in [9.17, 15) is 9.18 Å². The van der Waals surface area contributed by atoms with Gasteiger partial charge < -0.3 is 10.2 Å². The second kappa shape index (κ2) is 8.50. The van der Waals surface area contributed by atoms with E-state index in [1.165, 1.54) is 38.4 Å². The molecule has 4 rings (SSSR count). The van der Waals surface area contributed by atoms with Gasteiger partial charge in [-0.1, -0.05) is 0 Å². The van der Waals surface area contributed by atoms with Crippen LogP contribution in [-0.4, -0.2) is 27.3 Å². The molecule has 1 amide bonds. The Balaban J connectivity index is 1.64. The zero-order valence-corrected chi connectivity index (χ0v) is 18.9. The molecule has 1 aromatic carbocycles. The summed E-state index contributed by atoms with van der Waals surface area (Å²) in [6, 6.07) is 6.16. The minimum absolute atomic E-state index is 0.0440. The van der Waals surface area contributed by atoms with Gasteiger partial charge in [-0.05, 0) is 63.6 Å². The Morgan fingerprint density at radius 3 is 2.52 bits per heavy atom. The van der Waals surface area contributed by atoms with Gasteiger partial charge in [-0.25, -0.2) is 18.2 Å². The molecule has 0 bridgehead atoms. The molecule has 1 atom stereocenters. The molecule has 1 unspecified atom stereocenters. The number of hydrogen-bond donors (Lipinski definition) is 1. The predicted octanol–water partition coefficient (Wildman–Crippen LogP) is 5.78. The van der Waals surface area contributed by atoms with Gasteiger partial charge in [0.15, 0.2) is 0 Å². The standard InChI is InChI=1S/C25H25F3N4O/c1-5-32-13-19-16(24(32)33)7-9-30-23(19)31-14(2)17-11-21(27)18(12-20(17)26)22-10-15(6-8-29-22)25(3,4)28/h6-12,14H,5,13H2,1-4H3,(H,30,31). The normalized spacial score (nSPS) is 14.4. The number of pyridine rings is 2. The van der Waals surface area contributed by atoms with Crippen molar-refractivity contribution >= 4 is 11.7 Å². The average molecular weight is 454 g/mol. The first-order valence-electron chi connectivity index (χ1n) is 10.8. The van der Waals surface area contributed by atoms with Gasteiger partial charge in [0, 0.05) is 41.2 Å². The van der Waals surface area contributed by atoms with Crippen LogP contribution in [0.15, 0.2) is 42.7 Å². The molecule has 2 aromatic heterocycles. The van der Waals surface area contributed by atoms with Crippen LogP contribution in [0.25, 0.3) is 11.3 Å². The predicted molar refractivity (Wildman–Crippen MR) is 120 cm³/mol. The molecular formula is C25H25F3N4O. The first-order chi connectivity index (χ1) is 15.6. The lowest BCUT2D eigenvalue weighted by Crippen LogP contribution is -2.22. The van der Waals surface area contributed by atoms with Crippen molar-refractivity contribution in [3.8, 4) is 11.3 Å².